The number of hydrogen-bond acceptors (Lipinski definition) is 4. The number of carbonyl (C=O) groups is 1. The summed E-state index contributed by atoms with van der Waals surface area (Å²) in [6, 6.07) is 9.40. The van der Waals surface area contributed by atoms with E-state index in [4.69, 9.17) is 10.00 Å². The van der Waals surface area contributed by atoms with Gasteiger partial charge in [0.2, 0.25) is 0 Å². The van der Waals surface area contributed by atoms with Crippen LogP contribution in [0.15, 0.2) is 36.0 Å². The van der Waals surface area contributed by atoms with Crippen molar-refractivity contribution in [3.8, 4) is 6.07 Å². The summed E-state index contributed by atoms with van der Waals surface area (Å²) in [5, 5.41) is 11.7. The van der Waals surface area contributed by atoms with E-state index in [0.717, 1.165) is 11.2 Å². The Morgan fingerprint density at radius 2 is 2.18 bits per heavy atom. The Morgan fingerprint density at radius 1 is 1.53 bits per heavy atom. The molecule has 0 aliphatic rings. The molecule has 0 saturated heterocycles. The lowest BCUT2D eigenvalue weighted by molar-refractivity contribution is -0.138. The number of ether oxygens (including phenoxy) is 1. The van der Waals surface area contributed by atoms with E-state index >= 15 is 0 Å². The Bertz CT molecular complexity index is 460. The highest BCUT2D eigenvalue weighted by molar-refractivity contribution is 6.32. The molecule has 0 bridgehead atoms. The first-order chi connectivity index (χ1) is 8.17. The molecule has 0 atom stereocenters. The molecule has 0 amide bonds. The van der Waals surface area contributed by atoms with Gasteiger partial charge in [0, 0.05) is 11.9 Å². The first-order valence-corrected chi connectivity index (χ1v) is 5.28. The normalized spacial score (nSPS) is 10.5. The molecule has 0 saturated carbocycles. The van der Waals surface area contributed by atoms with Gasteiger partial charge in [0.05, 0.1) is 6.61 Å². The van der Waals surface area contributed by atoms with Crippen LogP contribution >= 0.6 is 0 Å². The minimum absolute atomic E-state index is 0.0487. The van der Waals surface area contributed by atoms with Crippen molar-refractivity contribution in [2.24, 2.45) is 0 Å². The van der Waals surface area contributed by atoms with E-state index < -0.39 is 5.97 Å². The van der Waals surface area contributed by atoms with E-state index in [1.807, 2.05) is 32.1 Å². The van der Waals surface area contributed by atoms with Gasteiger partial charge in [-0.1, -0.05) is 17.6 Å². The number of benzene rings is 1. The molecule has 1 N–H and O–H groups in total. The van der Waals surface area contributed by atoms with E-state index in [1.165, 1.54) is 6.20 Å². The minimum atomic E-state index is -0.616. The fourth-order valence-electron chi connectivity index (χ4n) is 1.15. The van der Waals surface area contributed by atoms with Crippen LogP contribution in [0.25, 0.3) is 0 Å². The van der Waals surface area contributed by atoms with Gasteiger partial charge in [-0.25, -0.2) is 4.79 Å². The maximum Gasteiger partial charge on any atom is 0.350 e. The summed E-state index contributed by atoms with van der Waals surface area (Å²) in [5.74, 6) is -0.616. The highest BCUT2D eigenvalue weighted by Gasteiger charge is 2.08. The van der Waals surface area contributed by atoms with Crippen LogP contribution in [0.4, 0.5) is 5.69 Å². The number of nitrogens with zero attached hydrogens (tertiary/aromatic N) is 1. The number of rotatable bonds is 4. The number of carbonyl (C=O) groups excluding carboxylic acids is 1. The Labute approximate surface area is 101 Å². The molecule has 0 aliphatic carbocycles. The van der Waals surface area contributed by atoms with E-state index in [-0.39, 0.29) is 12.2 Å². The van der Waals surface area contributed by atoms with Gasteiger partial charge in [0.25, 0.3) is 0 Å². The molecule has 4 nitrogen and oxygen atoms in total. The molecule has 0 heterocycles. The number of nitrogens with one attached hydrogen (secondary N) is 1. The molecule has 0 spiro atoms. The smallest absolute Gasteiger partial charge is 0.350 e. The standard InChI is InChI=1S/C12H13BN2O2/c1-2-17-12(16)9(7-14)8-15-11-5-3-10(13)4-6-11/h3-6,8,15H,2,13H2,1H3/b9-8+. The zero-order valence-corrected chi connectivity index (χ0v) is 9.86. The molecule has 86 valence electrons. The zero-order chi connectivity index (χ0) is 12.7. The first-order valence-electron chi connectivity index (χ1n) is 5.28. The Balaban J connectivity index is 2.71. The average Bonchev–Trinajstić information content (AvgIpc) is 2.32. The molecular formula is C12H13BN2O2. The van der Waals surface area contributed by atoms with Crippen molar-refractivity contribution in [3.05, 3.63) is 36.0 Å². The van der Waals surface area contributed by atoms with Crippen LogP contribution in [0.1, 0.15) is 6.92 Å². The SMILES string of the molecule is Bc1ccc(N/C=C(\C#N)C(=O)OCC)cc1. The number of nitriles is 1. The molecule has 5 heteroatoms. The van der Waals surface area contributed by atoms with E-state index in [9.17, 15) is 4.79 Å². The summed E-state index contributed by atoms with van der Waals surface area (Å²) in [4.78, 5) is 11.3. The van der Waals surface area contributed by atoms with Gasteiger partial charge in [-0.05, 0) is 19.1 Å². The first kappa shape index (κ1) is 12.9. The molecular weight excluding hydrogens is 215 g/mol. The summed E-state index contributed by atoms with van der Waals surface area (Å²) in [5.41, 5.74) is 1.91. The lowest BCUT2D eigenvalue weighted by Crippen LogP contribution is -2.08. The van der Waals surface area contributed by atoms with Crippen LogP contribution in [0, 0.1) is 11.3 Å². The van der Waals surface area contributed by atoms with Gasteiger partial charge >= 0.3 is 5.97 Å². The second-order valence-electron chi connectivity index (χ2n) is 3.40. The van der Waals surface area contributed by atoms with E-state index in [0.29, 0.717) is 0 Å². The lowest BCUT2D eigenvalue weighted by Gasteiger charge is -2.03. The molecule has 1 aromatic rings. The summed E-state index contributed by atoms with van der Waals surface area (Å²) in [6.45, 7) is 1.95. The van der Waals surface area contributed by atoms with E-state index in [2.05, 4.69) is 5.32 Å². The van der Waals surface area contributed by atoms with Gasteiger partial charge in [-0.3, -0.25) is 0 Å². The van der Waals surface area contributed by atoms with Gasteiger partial charge in [-0.15, -0.1) is 0 Å². The van der Waals surface area contributed by atoms with Gasteiger partial charge in [0.15, 0.2) is 5.57 Å². The monoisotopic (exact) mass is 228 g/mol. The molecule has 0 aliphatic heterocycles. The maximum atomic E-state index is 11.3. The van der Waals surface area contributed by atoms with Crippen molar-refractivity contribution < 1.29 is 9.53 Å². The average molecular weight is 228 g/mol. The highest BCUT2D eigenvalue weighted by atomic mass is 16.5. The summed E-state index contributed by atoms with van der Waals surface area (Å²) < 4.78 is 4.73. The third-order valence-electron chi connectivity index (χ3n) is 2.05. The van der Waals surface area contributed by atoms with Crippen LogP contribution in [-0.4, -0.2) is 20.4 Å². The summed E-state index contributed by atoms with van der Waals surface area (Å²) >= 11 is 0. The molecule has 0 radical (unpaired) electrons. The maximum absolute atomic E-state index is 11.3. The molecule has 1 aromatic carbocycles. The third kappa shape index (κ3) is 4.03. The van der Waals surface area contributed by atoms with Crippen molar-refractivity contribution >= 4 is 25.0 Å². The number of anilines is 1. The second kappa shape index (κ2) is 6.39. The summed E-state index contributed by atoms with van der Waals surface area (Å²) in [7, 11) is 1.99. The quantitative estimate of drug-likeness (QED) is 0.349. The molecule has 0 aromatic heterocycles. The minimum Gasteiger partial charge on any atom is -0.462 e. The van der Waals surface area contributed by atoms with Crippen LogP contribution in [0.2, 0.25) is 0 Å². The lowest BCUT2D eigenvalue weighted by atomic mass is 9.96. The largest absolute Gasteiger partial charge is 0.462 e. The fraction of sp³-hybridized carbons (Fsp3) is 0.167. The molecule has 1 rings (SSSR count). The molecule has 0 fully saturated rings. The van der Waals surface area contributed by atoms with Crippen molar-refractivity contribution in [2.45, 2.75) is 6.92 Å². The molecule has 17 heavy (non-hydrogen) atoms. The van der Waals surface area contributed by atoms with Gasteiger partial charge in [0.1, 0.15) is 13.9 Å². The van der Waals surface area contributed by atoms with E-state index in [1.54, 1.807) is 13.0 Å². The fourth-order valence-corrected chi connectivity index (χ4v) is 1.15. The number of hydrogen-bond donors (Lipinski definition) is 1. The van der Waals surface area contributed by atoms with Crippen LogP contribution in [-0.2, 0) is 9.53 Å². The van der Waals surface area contributed by atoms with Crippen LogP contribution in [0.3, 0.4) is 0 Å². The van der Waals surface area contributed by atoms with Crippen molar-refractivity contribution in [2.75, 3.05) is 11.9 Å². The van der Waals surface area contributed by atoms with Crippen LogP contribution in [0.5, 0.6) is 0 Å². The Kier molecular flexibility index (Phi) is 4.83. The number of esters is 1. The highest BCUT2D eigenvalue weighted by Crippen LogP contribution is 2.05. The van der Waals surface area contributed by atoms with Crippen molar-refractivity contribution in [1.29, 1.82) is 5.26 Å². The van der Waals surface area contributed by atoms with Crippen LogP contribution < -0.4 is 10.8 Å². The summed E-state index contributed by atoms with van der Waals surface area (Å²) in [6.07, 6.45) is 1.35. The Morgan fingerprint density at radius 3 is 2.71 bits per heavy atom. The predicted molar refractivity (Wildman–Crippen MR) is 68.6 cm³/mol. The second-order valence-corrected chi connectivity index (χ2v) is 3.40. The van der Waals surface area contributed by atoms with Crippen molar-refractivity contribution in [1.82, 2.24) is 0 Å². The van der Waals surface area contributed by atoms with Gasteiger partial charge < -0.3 is 10.1 Å². The van der Waals surface area contributed by atoms with Crippen molar-refractivity contribution in [3.63, 3.8) is 0 Å². The third-order valence-corrected chi connectivity index (χ3v) is 2.05. The zero-order valence-electron chi connectivity index (χ0n) is 9.86. The topological polar surface area (TPSA) is 62.1 Å². The van der Waals surface area contributed by atoms with Gasteiger partial charge in [-0.2, -0.15) is 5.26 Å². The Hall–Kier alpha value is -2.22. The molecule has 0 unspecified atom stereocenters. The predicted octanol–water partition coefficient (Wildman–Crippen LogP) is 0.327.